The Morgan fingerprint density at radius 1 is 1.33 bits per heavy atom. The van der Waals surface area contributed by atoms with Gasteiger partial charge in [0.25, 0.3) is 0 Å². The standard InChI is InChI=1S/C12H9ClN2O2S/c13-8-3-5(10(14)18)1-2-9(8)15-11(16)6-4-7(6)12(15)17/h1-3,6-7H,4H2,(H2,14,18). The number of amides is 2. The summed E-state index contributed by atoms with van der Waals surface area (Å²) in [7, 11) is 0. The van der Waals surface area contributed by atoms with Gasteiger partial charge in [-0.05, 0) is 24.6 Å². The maximum Gasteiger partial charge on any atom is 0.237 e. The Balaban J connectivity index is 2.00. The minimum absolute atomic E-state index is 0.135. The summed E-state index contributed by atoms with van der Waals surface area (Å²) in [6.07, 6.45) is 0.677. The summed E-state index contributed by atoms with van der Waals surface area (Å²) >= 11 is 10.9. The third kappa shape index (κ3) is 1.54. The van der Waals surface area contributed by atoms with E-state index in [-0.39, 0.29) is 28.6 Å². The third-order valence-corrected chi connectivity index (χ3v) is 3.88. The maximum absolute atomic E-state index is 11.9. The molecule has 2 amide bonds. The fourth-order valence-electron chi connectivity index (χ4n) is 2.26. The summed E-state index contributed by atoms with van der Waals surface area (Å²) in [5.41, 5.74) is 6.52. The van der Waals surface area contributed by atoms with Gasteiger partial charge in [-0.2, -0.15) is 0 Å². The molecule has 1 saturated carbocycles. The highest BCUT2D eigenvalue weighted by Crippen LogP contribution is 2.49. The molecule has 4 nitrogen and oxygen atoms in total. The number of nitrogens with two attached hydrogens (primary N) is 1. The Hall–Kier alpha value is -1.46. The zero-order valence-electron chi connectivity index (χ0n) is 9.22. The van der Waals surface area contributed by atoms with Crippen molar-refractivity contribution in [2.75, 3.05) is 4.90 Å². The zero-order chi connectivity index (χ0) is 13.0. The molecule has 0 bridgehead atoms. The highest BCUT2D eigenvalue weighted by Gasteiger charge is 2.59. The van der Waals surface area contributed by atoms with Crippen molar-refractivity contribution in [3.8, 4) is 0 Å². The molecule has 1 aromatic rings. The van der Waals surface area contributed by atoms with Crippen LogP contribution in [0.5, 0.6) is 0 Å². The molecule has 2 aliphatic rings. The smallest absolute Gasteiger partial charge is 0.237 e. The van der Waals surface area contributed by atoms with Crippen LogP contribution in [0.4, 0.5) is 5.69 Å². The Kier molecular flexibility index (Phi) is 2.43. The molecule has 1 saturated heterocycles. The lowest BCUT2D eigenvalue weighted by atomic mass is 10.2. The van der Waals surface area contributed by atoms with Gasteiger partial charge in [-0.15, -0.1) is 0 Å². The van der Waals surface area contributed by atoms with Crippen LogP contribution in [0.2, 0.25) is 5.02 Å². The molecule has 0 spiro atoms. The van der Waals surface area contributed by atoms with Crippen LogP contribution in [0, 0.1) is 11.8 Å². The number of anilines is 1. The molecular formula is C12H9ClN2O2S. The number of fused-ring (bicyclic) bond motifs is 1. The third-order valence-electron chi connectivity index (χ3n) is 3.34. The predicted molar refractivity (Wildman–Crippen MR) is 71.4 cm³/mol. The van der Waals surface area contributed by atoms with Gasteiger partial charge in [-0.1, -0.05) is 23.8 Å². The molecule has 0 aromatic heterocycles. The summed E-state index contributed by atoms with van der Waals surface area (Å²) < 4.78 is 0. The van der Waals surface area contributed by atoms with Crippen molar-refractivity contribution in [3.63, 3.8) is 0 Å². The molecule has 92 valence electrons. The SMILES string of the molecule is NC(=S)c1ccc(N2C(=O)C3CC3C2=O)c(Cl)c1. The van der Waals surface area contributed by atoms with Crippen LogP contribution in [0.1, 0.15) is 12.0 Å². The second-order valence-electron chi connectivity index (χ2n) is 4.49. The molecule has 2 unspecified atom stereocenters. The van der Waals surface area contributed by atoms with E-state index < -0.39 is 0 Å². The zero-order valence-corrected chi connectivity index (χ0v) is 10.8. The second-order valence-corrected chi connectivity index (χ2v) is 5.34. The van der Waals surface area contributed by atoms with Crippen molar-refractivity contribution in [2.45, 2.75) is 6.42 Å². The first-order chi connectivity index (χ1) is 8.50. The number of piperidine rings is 1. The minimum atomic E-state index is -0.157. The van der Waals surface area contributed by atoms with Gasteiger partial charge in [0, 0.05) is 5.56 Å². The largest absolute Gasteiger partial charge is 0.389 e. The van der Waals surface area contributed by atoms with Crippen LogP contribution in [0.3, 0.4) is 0 Å². The monoisotopic (exact) mass is 280 g/mol. The Bertz CT molecular complexity index is 582. The van der Waals surface area contributed by atoms with E-state index in [2.05, 4.69) is 0 Å². The van der Waals surface area contributed by atoms with Crippen LogP contribution in [0.25, 0.3) is 0 Å². The van der Waals surface area contributed by atoms with Gasteiger partial charge in [0.2, 0.25) is 11.8 Å². The molecule has 1 heterocycles. The maximum atomic E-state index is 11.9. The molecule has 1 aliphatic carbocycles. The number of benzene rings is 1. The summed E-state index contributed by atoms with van der Waals surface area (Å²) in [5.74, 6) is -0.586. The Morgan fingerprint density at radius 3 is 2.44 bits per heavy atom. The number of hydrogen-bond acceptors (Lipinski definition) is 3. The molecule has 0 radical (unpaired) electrons. The van der Waals surface area contributed by atoms with Gasteiger partial charge in [-0.25, -0.2) is 4.90 Å². The van der Waals surface area contributed by atoms with Gasteiger partial charge in [0.1, 0.15) is 4.99 Å². The number of imide groups is 1. The lowest BCUT2D eigenvalue weighted by Gasteiger charge is -2.18. The number of thiocarbonyl (C=S) groups is 1. The quantitative estimate of drug-likeness (QED) is 0.658. The van der Waals surface area contributed by atoms with E-state index in [0.29, 0.717) is 22.7 Å². The van der Waals surface area contributed by atoms with E-state index in [4.69, 9.17) is 29.6 Å². The van der Waals surface area contributed by atoms with Gasteiger partial charge in [0.15, 0.2) is 0 Å². The number of halogens is 1. The van der Waals surface area contributed by atoms with Crippen molar-refractivity contribution >= 4 is 46.3 Å². The van der Waals surface area contributed by atoms with Crippen molar-refractivity contribution in [1.29, 1.82) is 0 Å². The molecule has 18 heavy (non-hydrogen) atoms. The van der Waals surface area contributed by atoms with Gasteiger partial charge >= 0.3 is 0 Å². The Labute approximate surface area is 114 Å². The van der Waals surface area contributed by atoms with Crippen molar-refractivity contribution in [3.05, 3.63) is 28.8 Å². The van der Waals surface area contributed by atoms with Crippen LogP contribution in [-0.2, 0) is 9.59 Å². The van der Waals surface area contributed by atoms with E-state index in [0.717, 1.165) is 0 Å². The first-order valence-corrected chi connectivity index (χ1v) is 6.26. The average molecular weight is 281 g/mol. The first kappa shape index (κ1) is 11.6. The van der Waals surface area contributed by atoms with Gasteiger partial charge in [-0.3, -0.25) is 9.59 Å². The summed E-state index contributed by atoms with van der Waals surface area (Å²) in [6, 6.07) is 4.84. The van der Waals surface area contributed by atoms with Gasteiger partial charge in [0.05, 0.1) is 22.5 Å². The van der Waals surface area contributed by atoms with E-state index in [1.165, 1.54) is 4.90 Å². The van der Waals surface area contributed by atoms with E-state index >= 15 is 0 Å². The van der Waals surface area contributed by atoms with Crippen molar-refractivity contribution in [1.82, 2.24) is 0 Å². The number of rotatable bonds is 2. The normalized spacial score (nSPS) is 25.3. The summed E-state index contributed by atoms with van der Waals surface area (Å²) in [5, 5.41) is 0.309. The molecule has 1 aromatic carbocycles. The number of hydrogen-bond donors (Lipinski definition) is 1. The number of carbonyl (C=O) groups is 2. The predicted octanol–water partition coefficient (Wildman–Crippen LogP) is 1.48. The van der Waals surface area contributed by atoms with E-state index in [1.54, 1.807) is 18.2 Å². The fourth-order valence-corrected chi connectivity index (χ4v) is 2.65. The van der Waals surface area contributed by atoms with Crippen LogP contribution in [-0.4, -0.2) is 16.8 Å². The van der Waals surface area contributed by atoms with Crippen LogP contribution < -0.4 is 10.6 Å². The van der Waals surface area contributed by atoms with Crippen LogP contribution >= 0.6 is 23.8 Å². The second kappa shape index (κ2) is 3.76. The average Bonchev–Trinajstić information content (AvgIpc) is 3.06. The fraction of sp³-hybridized carbons (Fsp3) is 0.250. The number of nitrogens with zero attached hydrogens (tertiary/aromatic N) is 1. The lowest BCUT2D eigenvalue weighted by molar-refractivity contribution is -0.123. The van der Waals surface area contributed by atoms with E-state index in [9.17, 15) is 9.59 Å². The lowest BCUT2D eigenvalue weighted by Crippen LogP contribution is -2.33. The molecule has 3 rings (SSSR count). The van der Waals surface area contributed by atoms with Gasteiger partial charge < -0.3 is 5.73 Å². The minimum Gasteiger partial charge on any atom is -0.389 e. The van der Waals surface area contributed by atoms with Crippen molar-refractivity contribution in [2.24, 2.45) is 17.6 Å². The first-order valence-electron chi connectivity index (χ1n) is 5.48. The molecule has 6 heteroatoms. The highest BCUT2D eigenvalue weighted by atomic mass is 35.5. The molecule has 2 N–H and O–H groups in total. The molecular weight excluding hydrogens is 272 g/mol. The molecule has 1 aliphatic heterocycles. The van der Waals surface area contributed by atoms with E-state index in [1.807, 2.05) is 0 Å². The Morgan fingerprint density at radius 2 is 1.94 bits per heavy atom. The summed E-state index contributed by atoms with van der Waals surface area (Å²) in [4.78, 5) is 25.2. The number of carbonyl (C=O) groups excluding carboxylic acids is 2. The molecule has 2 fully saturated rings. The summed E-state index contributed by atoms with van der Waals surface area (Å²) in [6.45, 7) is 0. The van der Waals surface area contributed by atoms with Crippen molar-refractivity contribution < 1.29 is 9.59 Å². The topological polar surface area (TPSA) is 63.4 Å². The van der Waals surface area contributed by atoms with Crippen LogP contribution in [0.15, 0.2) is 18.2 Å². The molecule has 2 atom stereocenters. The highest BCUT2D eigenvalue weighted by molar-refractivity contribution is 7.80.